The summed E-state index contributed by atoms with van der Waals surface area (Å²) in [6, 6.07) is 10.5. The van der Waals surface area contributed by atoms with Gasteiger partial charge in [0.2, 0.25) is 5.91 Å². The van der Waals surface area contributed by atoms with Crippen LogP contribution in [0, 0.1) is 0 Å². The molecule has 3 rings (SSSR count). The highest BCUT2D eigenvalue weighted by molar-refractivity contribution is 6.32. The van der Waals surface area contributed by atoms with E-state index in [1.165, 1.54) is 7.11 Å². The summed E-state index contributed by atoms with van der Waals surface area (Å²) in [4.78, 5) is 25.6. The lowest BCUT2D eigenvalue weighted by molar-refractivity contribution is -0.129. The molecular weight excluding hydrogens is 370 g/mol. The van der Waals surface area contributed by atoms with E-state index in [0.717, 1.165) is 11.1 Å². The molecule has 0 saturated carbocycles. The zero-order valence-electron chi connectivity index (χ0n) is 15.2. The summed E-state index contributed by atoms with van der Waals surface area (Å²) in [5.41, 5.74) is 2.15. The summed E-state index contributed by atoms with van der Waals surface area (Å²) < 4.78 is 15.7. The molecule has 7 heteroatoms. The van der Waals surface area contributed by atoms with Gasteiger partial charge in [-0.05, 0) is 35.4 Å². The highest BCUT2D eigenvalue weighted by Gasteiger charge is 2.19. The van der Waals surface area contributed by atoms with Crippen molar-refractivity contribution in [2.45, 2.75) is 13.0 Å². The molecule has 2 aromatic carbocycles. The number of nitrogens with zero attached hydrogens (tertiary/aromatic N) is 1. The summed E-state index contributed by atoms with van der Waals surface area (Å²) in [5, 5.41) is 0.441. The molecule has 1 heterocycles. The van der Waals surface area contributed by atoms with E-state index in [4.69, 9.17) is 21.1 Å². The number of esters is 1. The first-order valence-corrected chi connectivity index (χ1v) is 8.85. The Labute approximate surface area is 162 Å². The third-order valence-corrected chi connectivity index (χ3v) is 4.51. The number of carbonyl (C=O) groups is 2. The van der Waals surface area contributed by atoms with Gasteiger partial charge < -0.3 is 19.1 Å². The van der Waals surface area contributed by atoms with Crippen molar-refractivity contribution in [2.75, 3.05) is 27.4 Å². The molecule has 0 radical (unpaired) electrons. The summed E-state index contributed by atoms with van der Waals surface area (Å²) in [5.74, 6) is 0.650. The first kappa shape index (κ1) is 19.0. The fourth-order valence-electron chi connectivity index (χ4n) is 2.80. The van der Waals surface area contributed by atoms with Crippen molar-refractivity contribution in [3.05, 3.63) is 58.1 Å². The van der Waals surface area contributed by atoms with Gasteiger partial charge in [0.25, 0.3) is 0 Å². The van der Waals surface area contributed by atoms with Gasteiger partial charge in [0.15, 0.2) is 11.5 Å². The van der Waals surface area contributed by atoms with Crippen molar-refractivity contribution in [3.8, 4) is 11.5 Å². The van der Waals surface area contributed by atoms with Crippen LogP contribution in [0.2, 0.25) is 5.02 Å². The molecule has 6 nitrogen and oxygen atoms in total. The van der Waals surface area contributed by atoms with Crippen LogP contribution in [-0.4, -0.2) is 44.1 Å². The standard InChI is InChI=1S/C20H20ClNO5/c1-22(12-13-3-5-15(6-4-13)20(24)25-2)18(23)11-14-9-16(21)19-17(10-14)26-7-8-27-19/h3-6,9-10H,7-8,11-12H2,1-2H3. The average molecular weight is 390 g/mol. The average Bonchev–Trinajstić information content (AvgIpc) is 2.68. The van der Waals surface area contributed by atoms with Gasteiger partial charge in [0.05, 0.1) is 24.1 Å². The predicted octanol–water partition coefficient (Wildman–Crippen LogP) is 3.10. The summed E-state index contributed by atoms with van der Waals surface area (Å²) in [6.07, 6.45) is 0.201. The van der Waals surface area contributed by atoms with E-state index >= 15 is 0 Å². The fourth-order valence-corrected chi connectivity index (χ4v) is 3.09. The Kier molecular flexibility index (Phi) is 5.86. The normalized spacial score (nSPS) is 12.4. The topological polar surface area (TPSA) is 65.1 Å². The largest absolute Gasteiger partial charge is 0.486 e. The zero-order chi connectivity index (χ0) is 19.4. The number of benzene rings is 2. The molecule has 1 amide bonds. The lowest BCUT2D eigenvalue weighted by Crippen LogP contribution is -2.27. The van der Waals surface area contributed by atoms with Crippen LogP contribution in [0.25, 0.3) is 0 Å². The van der Waals surface area contributed by atoms with Crippen molar-refractivity contribution in [2.24, 2.45) is 0 Å². The van der Waals surface area contributed by atoms with Crippen molar-refractivity contribution < 1.29 is 23.8 Å². The Bertz CT molecular complexity index is 850. The number of likely N-dealkylation sites (N-methyl/N-ethyl adjacent to an activating group) is 1. The Morgan fingerprint density at radius 1 is 1.11 bits per heavy atom. The first-order chi connectivity index (χ1) is 13.0. The molecule has 1 aliphatic heterocycles. The monoisotopic (exact) mass is 389 g/mol. The van der Waals surface area contributed by atoms with Gasteiger partial charge in [0, 0.05) is 13.6 Å². The third kappa shape index (κ3) is 4.52. The molecule has 0 atom stereocenters. The summed E-state index contributed by atoms with van der Waals surface area (Å²) in [7, 11) is 3.07. The molecule has 0 bridgehead atoms. The minimum atomic E-state index is -0.388. The van der Waals surface area contributed by atoms with Gasteiger partial charge in [-0.15, -0.1) is 0 Å². The molecule has 0 aromatic heterocycles. The Morgan fingerprint density at radius 2 is 1.81 bits per heavy atom. The van der Waals surface area contributed by atoms with Crippen molar-refractivity contribution >= 4 is 23.5 Å². The van der Waals surface area contributed by atoms with Gasteiger partial charge >= 0.3 is 5.97 Å². The van der Waals surface area contributed by atoms with Gasteiger partial charge in [-0.3, -0.25) is 4.79 Å². The van der Waals surface area contributed by atoms with Crippen LogP contribution in [0.15, 0.2) is 36.4 Å². The highest BCUT2D eigenvalue weighted by Crippen LogP contribution is 2.38. The third-order valence-electron chi connectivity index (χ3n) is 4.23. The second-order valence-electron chi connectivity index (χ2n) is 6.22. The molecule has 27 heavy (non-hydrogen) atoms. The minimum Gasteiger partial charge on any atom is -0.486 e. The Morgan fingerprint density at radius 3 is 2.52 bits per heavy atom. The first-order valence-electron chi connectivity index (χ1n) is 8.47. The number of fused-ring (bicyclic) bond motifs is 1. The second kappa shape index (κ2) is 8.31. The van der Waals surface area contributed by atoms with E-state index in [2.05, 4.69) is 4.74 Å². The summed E-state index contributed by atoms with van der Waals surface area (Å²) >= 11 is 6.22. The maximum absolute atomic E-state index is 12.6. The lowest BCUT2D eigenvalue weighted by Gasteiger charge is -2.21. The van der Waals surface area contributed by atoms with E-state index in [1.807, 2.05) is 0 Å². The number of hydrogen-bond acceptors (Lipinski definition) is 5. The molecule has 0 aliphatic carbocycles. The number of hydrogen-bond donors (Lipinski definition) is 0. The molecule has 0 fully saturated rings. The number of halogens is 1. The Hall–Kier alpha value is -2.73. The maximum Gasteiger partial charge on any atom is 0.337 e. The van der Waals surface area contributed by atoms with Crippen molar-refractivity contribution in [1.82, 2.24) is 4.90 Å². The highest BCUT2D eigenvalue weighted by atomic mass is 35.5. The van der Waals surface area contributed by atoms with Crippen LogP contribution in [0.4, 0.5) is 0 Å². The van der Waals surface area contributed by atoms with Crippen LogP contribution in [0.3, 0.4) is 0 Å². The lowest BCUT2D eigenvalue weighted by atomic mass is 10.1. The van der Waals surface area contributed by atoms with Crippen LogP contribution >= 0.6 is 11.6 Å². The van der Waals surface area contributed by atoms with Crippen molar-refractivity contribution in [3.63, 3.8) is 0 Å². The molecule has 0 N–H and O–H groups in total. The number of ether oxygens (including phenoxy) is 3. The summed E-state index contributed by atoms with van der Waals surface area (Å²) in [6.45, 7) is 1.35. The molecule has 1 aliphatic rings. The number of methoxy groups -OCH3 is 1. The SMILES string of the molecule is COC(=O)c1ccc(CN(C)C(=O)Cc2cc(Cl)c3c(c2)OCCO3)cc1. The minimum absolute atomic E-state index is 0.0558. The van der Waals surface area contributed by atoms with E-state index in [0.29, 0.717) is 41.8 Å². The maximum atomic E-state index is 12.6. The van der Waals surface area contributed by atoms with Crippen LogP contribution in [-0.2, 0) is 22.5 Å². The molecular formula is C20H20ClNO5. The van der Waals surface area contributed by atoms with Crippen LogP contribution in [0.5, 0.6) is 11.5 Å². The van der Waals surface area contributed by atoms with Crippen LogP contribution in [0.1, 0.15) is 21.5 Å². The van der Waals surface area contributed by atoms with Gasteiger partial charge in [-0.2, -0.15) is 0 Å². The number of amides is 1. The molecule has 142 valence electrons. The fraction of sp³-hybridized carbons (Fsp3) is 0.300. The van der Waals surface area contributed by atoms with E-state index < -0.39 is 0 Å². The van der Waals surface area contributed by atoms with E-state index in [1.54, 1.807) is 48.3 Å². The van der Waals surface area contributed by atoms with Gasteiger partial charge in [-0.25, -0.2) is 4.79 Å². The predicted molar refractivity (Wildman–Crippen MR) is 100 cm³/mol. The molecule has 0 unspecified atom stereocenters. The van der Waals surface area contributed by atoms with E-state index in [9.17, 15) is 9.59 Å². The number of rotatable bonds is 5. The van der Waals surface area contributed by atoms with Crippen LogP contribution < -0.4 is 9.47 Å². The second-order valence-corrected chi connectivity index (χ2v) is 6.62. The van der Waals surface area contributed by atoms with Crippen molar-refractivity contribution in [1.29, 1.82) is 0 Å². The number of carbonyl (C=O) groups excluding carboxylic acids is 2. The zero-order valence-corrected chi connectivity index (χ0v) is 15.9. The van der Waals surface area contributed by atoms with E-state index in [-0.39, 0.29) is 18.3 Å². The Balaban J connectivity index is 1.64. The molecule has 2 aromatic rings. The van der Waals surface area contributed by atoms with Gasteiger partial charge in [-0.1, -0.05) is 23.7 Å². The smallest absolute Gasteiger partial charge is 0.337 e. The molecule has 0 spiro atoms. The molecule has 0 saturated heterocycles. The van der Waals surface area contributed by atoms with Gasteiger partial charge in [0.1, 0.15) is 13.2 Å². The quantitative estimate of drug-likeness (QED) is 0.735.